The van der Waals surface area contributed by atoms with E-state index in [2.05, 4.69) is 43.0 Å². The molecular weight excluding hydrogens is 370 g/mol. The van der Waals surface area contributed by atoms with Crippen molar-refractivity contribution in [2.75, 3.05) is 32.8 Å². The molecule has 0 aromatic heterocycles. The van der Waals surface area contributed by atoms with Gasteiger partial charge in [-0.25, -0.2) is 0 Å². The molecule has 0 N–H and O–H groups in total. The minimum Gasteiger partial charge on any atom is -0.477 e. The number of carbonyl (C=O) groups is 1. The van der Waals surface area contributed by atoms with Gasteiger partial charge in [0.15, 0.2) is 12.4 Å². The van der Waals surface area contributed by atoms with E-state index in [1.807, 2.05) is 0 Å². The summed E-state index contributed by atoms with van der Waals surface area (Å²) in [7, 11) is 0. The van der Waals surface area contributed by atoms with Gasteiger partial charge < -0.3 is 9.64 Å². The normalized spacial score (nSPS) is 14.8. The van der Waals surface area contributed by atoms with E-state index in [0.29, 0.717) is 19.0 Å². The molecule has 0 atom stereocenters. The van der Waals surface area contributed by atoms with Crippen LogP contribution in [-0.4, -0.2) is 53.4 Å². The fourth-order valence-electron chi connectivity index (χ4n) is 3.38. The number of benzene rings is 2. The van der Waals surface area contributed by atoms with Crippen LogP contribution in [0.4, 0.5) is 5.69 Å². The minimum atomic E-state index is -0.508. The third-order valence-corrected chi connectivity index (χ3v) is 5.19. The number of hydrogen-bond acceptors (Lipinski definition) is 5. The Morgan fingerprint density at radius 3 is 2.34 bits per heavy atom. The zero-order valence-electron chi connectivity index (χ0n) is 16.9. The number of rotatable bonds is 7. The topological polar surface area (TPSA) is 75.9 Å². The number of hydrogen-bond donors (Lipinski definition) is 0. The van der Waals surface area contributed by atoms with Gasteiger partial charge in [0.25, 0.3) is 5.91 Å². The third-order valence-electron chi connectivity index (χ3n) is 5.19. The predicted octanol–water partition coefficient (Wildman–Crippen LogP) is 3.44. The minimum absolute atomic E-state index is 0.120. The Bertz CT molecular complexity index is 843. The number of nitro groups is 1. The Kier molecular flexibility index (Phi) is 6.82. The summed E-state index contributed by atoms with van der Waals surface area (Å²) in [6, 6.07) is 14.8. The van der Waals surface area contributed by atoms with Crippen LogP contribution in [0, 0.1) is 10.1 Å². The van der Waals surface area contributed by atoms with Gasteiger partial charge in [-0.05, 0) is 23.1 Å². The summed E-state index contributed by atoms with van der Waals surface area (Å²) in [6.07, 6.45) is 0. The maximum absolute atomic E-state index is 12.4. The lowest BCUT2D eigenvalue weighted by Crippen LogP contribution is -2.49. The second kappa shape index (κ2) is 9.52. The number of ether oxygens (including phenoxy) is 1. The summed E-state index contributed by atoms with van der Waals surface area (Å²) in [4.78, 5) is 27.0. The van der Waals surface area contributed by atoms with E-state index in [-0.39, 0.29) is 24.0 Å². The van der Waals surface area contributed by atoms with Crippen LogP contribution >= 0.6 is 0 Å². The first-order valence-electron chi connectivity index (χ1n) is 9.89. The van der Waals surface area contributed by atoms with Gasteiger partial charge in [0.05, 0.1) is 4.92 Å². The fourth-order valence-corrected chi connectivity index (χ4v) is 3.38. The first-order valence-corrected chi connectivity index (χ1v) is 9.89. The lowest BCUT2D eigenvalue weighted by atomic mass is 10.0. The lowest BCUT2D eigenvalue weighted by molar-refractivity contribution is -0.385. The van der Waals surface area contributed by atoms with E-state index in [1.54, 1.807) is 17.0 Å². The van der Waals surface area contributed by atoms with Crippen molar-refractivity contribution in [2.24, 2.45) is 0 Å². The first-order chi connectivity index (χ1) is 13.9. The molecule has 0 bridgehead atoms. The highest BCUT2D eigenvalue weighted by Crippen LogP contribution is 2.25. The molecule has 0 spiro atoms. The van der Waals surface area contributed by atoms with Crippen LogP contribution in [0.1, 0.15) is 30.9 Å². The molecule has 2 aromatic rings. The van der Waals surface area contributed by atoms with E-state index in [9.17, 15) is 14.9 Å². The van der Waals surface area contributed by atoms with Gasteiger partial charge in [-0.1, -0.05) is 50.2 Å². The van der Waals surface area contributed by atoms with Gasteiger partial charge in [-0.2, -0.15) is 0 Å². The maximum Gasteiger partial charge on any atom is 0.310 e. The van der Waals surface area contributed by atoms with E-state index in [0.717, 1.165) is 19.6 Å². The van der Waals surface area contributed by atoms with Crippen LogP contribution < -0.4 is 4.74 Å². The molecule has 3 rings (SSSR count). The molecule has 154 valence electrons. The standard InChI is InChI=1S/C22H27N3O4/c1-17(2)19-9-7-18(8-10-19)15-23-11-13-24(14-12-23)22(26)16-29-21-6-4-3-5-20(21)25(27)28/h3-10,17H,11-16H2,1-2H3. The summed E-state index contributed by atoms with van der Waals surface area (Å²) in [5.41, 5.74) is 2.48. The van der Waals surface area contributed by atoms with E-state index >= 15 is 0 Å². The third kappa shape index (κ3) is 5.54. The van der Waals surface area contributed by atoms with Crippen molar-refractivity contribution in [2.45, 2.75) is 26.3 Å². The number of amides is 1. The summed E-state index contributed by atoms with van der Waals surface area (Å²) in [6.45, 7) is 7.89. The molecule has 0 unspecified atom stereocenters. The van der Waals surface area contributed by atoms with Crippen molar-refractivity contribution in [1.82, 2.24) is 9.80 Å². The van der Waals surface area contributed by atoms with Gasteiger partial charge in [-0.15, -0.1) is 0 Å². The number of carbonyl (C=O) groups excluding carboxylic acids is 1. The SMILES string of the molecule is CC(C)c1ccc(CN2CCN(C(=O)COc3ccccc3[N+](=O)[O-])CC2)cc1. The fraction of sp³-hybridized carbons (Fsp3) is 0.409. The summed E-state index contributed by atoms with van der Waals surface area (Å²) >= 11 is 0. The number of nitro benzene ring substituents is 1. The molecule has 7 nitrogen and oxygen atoms in total. The van der Waals surface area contributed by atoms with Gasteiger partial charge in [0.2, 0.25) is 0 Å². The highest BCUT2D eigenvalue weighted by atomic mass is 16.6. The average Bonchev–Trinajstić information content (AvgIpc) is 2.73. The van der Waals surface area contributed by atoms with Crippen molar-refractivity contribution in [3.05, 3.63) is 69.8 Å². The van der Waals surface area contributed by atoms with Crippen LogP contribution in [0.2, 0.25) is 0 Å². The lowest BCUT2D eigenvalue weighted by Gasteiger charge is -2.34. The molecule has 0 radical (unpaired) electrons. The Balaban J connectivity index is 1.46. The number of nitrogens with zero attached hydrogens (tertiary/aromatic N) is 3. The van der Waals surface area contributed by atoms with Gasteiger partial charge in [0, 0.05) is 38.8 Å². The van der Waals surface area contributed by atoms with Crippen molar-refractivity contribution in [3.63, 3.8) is 0 Å². The monoisotopic (exact) mass is 397 g/mol. The van der Waals surface area contributed by atoms with Crippen LogP contribution in [0.15, 0.2) is 48.5 Å². The van der Waals surface area contributed by atoms with Crippen LogP contribution in [0.25, 0.3) is 0 Å². The molecule has 2 aromatic carbocycles. The van der Waals surface area contributed by atoms with Crippen molar-refractivity contribution < 1.29 is 14.5 Å². The van der Waals surface area contributed by atoms with Crippen molar-refractivity contribution in [1.29, 1.82) is 0 Å². The molecular formula is C22H27N3O4. The molecule has 7 heteroatoms. The molecule has 0 saturated carbocycles. The summed E-state index contributed by atoms with van der Waals surface area (Å²) in [5, 5.41) is 11.0. The van der Waals surface area contributed by atoms with Gasteiger partial charge in [-0.3, -0.25) is 19.8 Å². The molecule has 0 aliphatic carbocycles. The number of para-hydroxylation sites is 2. The number of piperazine rings is 1. The van der Waals surface area contributed by atoms with E-state index in [4.69, 9.17) is 4.74 Å². The zero-order chi connectivity index (χ0) is 20.8. The summed E-state index contributed by atoms with van der Waals surface area (Å²) in [5.74, 6) is 0.497. The van der Waals surface area contributed by atoms with E-state index in [1.165, 1.54) is 23.3 Å². The van der Waals surface area contributed by atoms with Crippen molar-refractivity contribution >= 4 is 11.6 Å². The molecule has 1 amide bonds. The largest absolute Gasteiger partial charge is 0.477 e. The molecule has 1 fully saturated rings. The van der Waals surface area contributed by atoms with Crippen LogP contribution in [0.5, 0.6) is 5.75 Å². The highest BCUT2D eigenvalue weighted by Gasteiger charge is 2.22. The highest BCUT2D eigenvalue weighted by molar-refractivity contribution is 5.78. The average molecular weight is 397 g/mol. The zero-order valence-corrected chi connectivity index (χ0v) is 16.9. The van der Waals surface area contributed by atoms with Crippen molar-refractivity contribution in [3.8, 4) is 5.75 Å². The van der Waals surface area contributed by atoms with E-state index < -0.39 is 4.92 Å². The Hall–Kier alpha value is -2.93. The molecule has 1 saturated heterocycles. The quantitative estimate of drug-likeness (QED) is 0.528. The van der Waals surface area contributed by atoms with Crippen LogP contribution in [0.3, 0.4) is 0 Å². The second-order valence-electron chi connectivity index (χ2n) is 7.57. The Morgan fingerprint density at radius 2 is 1.72 bits per heavy atom. The van der Waals surface area contributed by atoms with Gasteiger partial charge in [0.1, 0.15) is 0 Å². The second-order valence-corrected chi connectivity index (χ2v) is 7.57. The maximum atomic E-state index is 12.4. The predicted molar refractivity (Wildman–Crippen MR) is 111 cm³/mol. The van der Waals surface area contributed by atoms with Gasteiger partial charge >= 0.3 is 5.69 Å². The molecule has 1 aliphatic heterocycles. The molecule has 1 heterocycles. The smallest absolute Gasteiger partial charge is 0.310 e. The van der Waals surface area contributed by atoms with Crippen LogP contribution in [-0.2, 0) is 11.3 Å². The Morgan fingerprint density at radius 1 is 1.07 bits per heavy atom. The first kappa shape index (κ1) is 20.8. The molecule has 29 heavy (non-hydrogen) atoms. The molecule has 1 aliphatic rings. The summed E-state index contributed by atoms with van der Waals surface area (Å²) < 4.78 is 5.42. The Labute approximate surface area is 171 Å².